The minimum atomic E-state index is -0.159. The molecule has 19 heavy (non-hydrogen) atoms. The molecule has 0 aliphatic heterocycles. The first-order valence-electron chi connectivity index (χ1n) is 5.67. The van der Waals surface area contributed by atoms with E-state index in [0.29, 0.717) is 11.3 Å². The Morgan fingerprint density at radius 2 is 2.26 bits per heavy atom. The van der Waals surface area contributed by atoms with E-state index >= 15 is 0 Å². The molecule has 2 aromatic heterocycles. The molecule has 0 N–H and O–H groups in total. The normalized spacial score (nSPS) is 11.1. The van der Waals surface area contributed by atoms with Crippen molar-refractivity contribution in [2.75, 3.05) is 0 Å². The SMILES string of the molecule is Cc1ccc(CSc2nc3cncnc3s2)cc1F. The van der Waals surface area contributed by atoms with Crippen LogP contribution in [0.4, 0.5) is 4.39 Å². The second-order valence-corrected chi connectivity index (χ2v) is 6.27. The highest BCUT2D eigenvalue weighted by Crippen LogP contribution is 2.30. The minimum absolute atomic E-state index is 0.159. The lowest BCUT2D eigenvalue weighted by molar-refractivity contribution is 0.617. The number of hydrogen-bond acceptors (Lipinski definition) is 5. The van der Waals surface area contributed by atoms with Crippen LogP contribution in [0.2, 0.25) is 0 Å². The van der Waals surface area contributed by atoms with Crippen LogP contribution in [-0.4, -0.2) is 15.0 Å². The lowest BCUT2D eigenvalue weighted by Crippen LogP contribution is -1.86. The van der Waals surface area contributed by atoms with E-state index in [4.69, 9.17) is 0 Å². The van der Waals surface area contributed by atoms with Crippen LogP contribution in [0, 0.1) is 12.7 Å². The highest BCUT2D eigenvalue weighted by Gasteiger charge is 2.06. The van der Waals surface area contributed by atoms with Gasteiger partial charge in [0, 0.05) is 5.75 Å². The quantitative estimate of drug-likeness (QED) is 0.688. The fraction of sp³-hybridized carbons (Fsp3) is 0.154. The molecule has 0 unspecified atom stereocenters. The summed E-state index contributed by atoms with van der Waals surface area (Å²) < 4.78 is 14.4. The summed E-state index contributed by atoms with van der Waals surface area (Å²) in [4.78, 5) is 13.4. The molecule has 2 heterocycles. The Morgan fingerprint density at radius 3 is 3.05 bits per heavy atom. The van der Waals surface area contributed by atoms with Crippen molar-refractivity contribution in [2.24, 2.45) is 0 Å². The number of fused-ring (bicyclic) bond motifs is 1. The van der Waals surface area contributed by atoms with Gasteiger partial charge in [-0.25, -0.2) is 19.3 Å². The number of hydrogen-bond donors (Lipinski definition) is 0. The largest absolute Gasteiger partial charge is 0.242 e. The summed E-state index contributed by atoms with van der Waals surface area (Å²) in [6, 6.07) is 5.32. The topological polar surface area (TPSA) is 38.7 Å². The molecule has 3 nitrogen and oxygen atoms in total. The van der Waals surface area contributed by atoms with Crippen LogP contribution in [0.15, 0.2) is 35.1 Å². The number of rotatable bonds is 3. The maximum absolute atomic E-state index is 13.4. The molecule has 96 valence electrons. The Kier molecular flexibility index (Phi) is 3.44. The summed E-state index contributed by atoms with van der Waals surface area (Å²) in [6.45, 7) is 1.76. The van der Waals surface area contributed by atoms with Gasteiger partial charge >= 0.3 is 0 Å². The average Bonchev–Trinajstić information content (AvgIpc) is 2.83. The molecule has 0 atom stereocenters. The van der Waals surface area contributed by atoms with Gasteiger partial charge in [0.25, 0.3) is 0 Å². The third-order valence-corrected chi connectivity index (χ3v) is 4.85. The molecule has 0 amide bonds. The smallest absolute Gasteiger partial charge is 0.153 e. The molecule has 0 saturated carbocycles. The maximum Gasteiger partial charge on any atom is 0.153 e. The van der Waals surface area contributed by atoms with Crippen molar-refractivity contribution in [3.05, 3.63) is 47.7 Å². The van der Waals surface area contributed by atoms with Gasteiger partial charge in [0.05, 0.1) is 6.20 Å². The Hall–Kier alpha value is -1.53. The molecule has 0 aliphatic carbocycles. The van der Waals surface area contributed by atoms with Gasteiger partial charge in [-0.15, -0.1) is 0 Å². The van der Waals surface area contributed by atoms with Gasteiger partial charge in [-0.3, -0.25) is 0 Å². The van der Waals surface area contributed by atoms with E-state index in [1.807, 2.05) is 6.07 Å². The van der Waals surface area contributed by atoms with Crippen LogP contribution in [0.25, 0.3) is 10.3 Å². The Bertz CT molecular complexity index is 694. The zero-order valence-corrected chi connectivity index (χ0v) is 11.8. The lowest BCUT2D eigenvalue weighted by atomic mass is 10.2. The van der Waals surface area contributed by atoms with Gasteiger partial charge in [0.15, 0.2) is 4.34 Å². The molecule has 0 spiro atoms. The highest BCUT2D eigenvalue weighted by atomic mass is 32.2. The van der Waals surface area contributed by atoms with Crippen molar-refractivity contribution in [1.29, 1.82) is 0 Å². The molecule has 1 aromatic carbocycles. The van der Waals surface area contributed by atoms with Crippen molar-refractivity contribution in [1.82, 2.24) is 15.0 Å². The monoisotopic (exact) mass is 291 g/mol. The first kappa shape index (κ1) is 12.5. The van der Waals surface area contributed by atoms with Crippen molar-refractivity contribution >= 4 is 33.4 Å². The zero-order valence-electron chi connectivity index (χ0n) is 10.1. The van der Waals surface area contributed by atoms with Gasteiger partial charge < -0.3 is 0 Å². The predicted octanol–water partition coefficient (Wildman–Crippen LogP) is 3.83. The first-order valence-corrected chi connectivity index (χ1v) is 7.47. The summed E-state index contributed by atoms with van der Waals surface area (Å²) in [5.74, 6) is 0.540. The van der Waals surface area contributed by atoms with Gasteiger partial charge in [0.2, 0.25) is 0 Å². The number of aryl methyl sites for hydroxylation is 1. The summed E-state index contributed by atoms with van der Waals surface area (Å²) in [7, 11) is 0. The molecule has 6 heteroatoms. The molecule has 0 aliphatic rings. The van der Waals surface area contributed by atoms with Gasteiger partial charge in [-0.2, -0.15) is 0 Å². The van der Waals surface area contributed by atoms with Crippen molar-refractivity contribution in [2.45, 2.75) is 17.0 Å². The molecular formula is C13H10FN3S2. The fourth-order valence-corrected chi connectivity index (χ4v) is 3.50. The maximum atomic E-state index is 13.4. The lowest BCUT2D eigenvalue weighted by Gasteiger charge is -2.01. The molecule has 3 rings (SSSR count). The second-order valence-electron chi connectivity index (χ2n) is 4.07. The van der Waals surface area contributed by atoms with Crippen LogP contribution < -0.4 is 0 Å². The number of thioether (sulfide) groups is 1. The van der Waals surface area contributed by atoms with Crippen LogP contribution in [-0.2, 0) is 5.75 Å². The third kappa shape index (κ3) is 2.74. The average molecular weight is 291 g/mol. The number of aromatic nitrogens is 3. The number of benzene rings is 1. The molecule has 0 radical (unpaired) electrons. The Labute approximate surface area is 117 Å². The van der Waals surface area contributed by atoms with E-state index in [1.165, 1.54) is 17.7 Å². The number of thiazole rings is 1. The third-order valence-electron chi connectivity index (χ3n) is 2.65. The number of halogens is 1. The summed E-state index contributed by atoms with van der Waals surface area (Å²) in [5, 5.41) is 0. The standard InChI is InChI=1S/C13H10FN3S2/c1-8-2-3-9(4-10(8)14)6-18-13-17-11-5-15-7-16-12(11)19-13/h2-5,7H,6H2,1H3. The Balaban J connectivity index is 1.76. The van der Waals surface area contributed by atoms with E-state index in [2.05, 4.69) is 15.0 Å². The first-order chi connectivity index (χ1) is 9.22. The second kappa shape index (κ2) is 5.22. The van der Waals surface area contributed by atoms with Crippen LogP contribution in [0.3, 0.4) is 0 Å². The highest BCUT2D eigenvalue weighted by molar-refractivity contribution is 8.00. The predicted molar refractivity (Wildman–Crippen MR) is 75.9 cm³/mol. The van der Waals surface area contributed by atoms with Crippen LogP contribution >= 0.6 is 23.1 Å². The van der Waals surface area contributed by atoms with E-state index < -0.39 is 0 Å². The van der Waals surface area contributed by atoms with E-state index in [9.17, 15) is 4.39 Å². The Morgan fingerprint density at radius 1 is 1.37 bits per heavy atom. The van der Waals surface area contributed by atoms with E-state index in [1.54, 1.807) is 37.0 Å². The summed E-state index contributed by atoms with van der Waals surface area (Å²) in [5.41, 5.74) is 2.44. The molecule has 0 saturated heterocycles. The van der Waals surface area contributed by atoms with Gasteiger partial charge in [-0.1, -0.05) is 35.2 Å². The molecule has 0 fully saturated rings. The zero-order chi connectivity index (χ0) is 13.2. The molecule has 0 bridgehead atoms. The van der Waals surface area contributed by atoms with Crippen molar-refractivity contribution in [3.8, 4) is 0 Å². The summed E-state index contributed by atoms with van der Waals surface area (Å²) in [6.07, 6.45) is 3.22. The van der Waals surface area contributed by atoms with Gasteiger partial charge in [-0.05, 0) is 24.1 Å². The van der Waals surface area contributed by atoms with E-state index in [-0.39, 0.29) is 5.82 Å². The minimum Gasteiger partial charge on any atom is -0.242 e. The molecular weight excluding hydrogens is 281 g/mol. The van der Waals surface area contributed by atoms with E-state index in [0.717, 1.165) is 20.3 Å². The van der Waals surface area contributed by atoms with Crippen LogP contribution in [0.1, 0.15) is 11.1 Å². The summed E-state index contributed by atoms with van der Waals surface area (Å²) >= 11 is 3.12. The molecule has 3 aromatic rings. The fourth-order valence-electron chi connectivity index (χ4n) is 1.60. The van der Waals surface area contributed by atoms with Gasteiger partial charge in [0.1, 0.15) is 22.5 Å². The van der Waals surface area contributed by atoms with Crippen LogP contribution in [0.5, 0.6) is 0 Å². The van der Waals surface area contributed by atoms with Crippen molar-refractivity contribution in [3.63, 3.8) is 0 Å². The van der Waals surface area contributed by atoms with Crippen molar-refractivity contribution < 1.29 is 4.39 Å². The number of nitrogens with zero attached hydrogens (tertiary/aromatic N) is 3.